The first-order chi connectivity index (χ1) is 14.3. The second-order valence-corrected chi connectivity index (χ2v) is 9.13. The van der Waals surface area contributed by atoms with E-state index in [4.69, 9.17) is 4.74 Å². The predicted octanol–water partition coefficient (Wildman–Crippen LogP) is 4.43. The minimum absolute atomic E-state index is 0.0199. The zero-order valence-electron chi connectivity index (χ0n) is 15.9. The lowest BCUT2D eigenvalue weighted by Gasteiger charge is -2.20. The van der Waals surface area contributed by atoms with E-state index in [1.54, 1.807) is 42.5 Å². The molecule has 0 aromatic heterocycles. The van der Waals surface area contributed by atoms with Gasteiger partial charge in [0.2, 0.25) is 0 Å². The maximum Gasteiger partial charge on any atom is 0.264 e. The molecule has 0 saturated carbocycles. The van der Waals surface area contributed by atoms with Gasteiger partial charge >= 0.3 is 0 Å². The first-order valence-corrected chi connectivity index (χ1v) is 11.0. The highest BCUT2D eigenvalue weighted by molar-refractivity contribution is 9.10. The average molecular weight is 493 g/mol. The highest BCUT2D eigenvalue weighted by Crippen LogP contribution is 2.24. The summed E-state index contributed by atoms with van der Waals surface area (Å²) >= 11 is 3.14. The van der Waals surface area contributed by atoms with Gasteiger partial charge in [0, 0.05) is 17.2 Å². The Morgan fingerprint density at radius 1 is 1.07 bits per heavy atom. The first kappa shape index (κ1) is 21.8. The SMILES string of the molecule is CN(c1ccccc1)S(=O)(=O)c1cccc(NC(=O)COc2ccc(Br)cc2F)c1. The molecular formula is C21H18BrFN2O4S. The Hall–Kier alpha value is -2.91. The molecule has 0 saturated heterocycles. The Morgan fingerprint density at radius 3 is 2.50 bits per heavy atom. The molecule has 0 heterocycles. The monoisotopic (exact) mass is 492 g/mol. The molecule has 156 valence electrons. The summed E-state index contributed by atoms with van der Waals surface area (Å²) in [5, 5.41) is 2.56. The topological polar surface area (TPSA) is 75.7 Å². The van der Waals surface area contributed by atoms with Crippen molar-refractivity contribution < 1.29 is 22.3 Å². The van der Waals surface area contributed by atoms with Crippen LogP contribution in [0.5, 0.6) is 5.75 Å². The lowest BCUT2D eigenvalue weighted by atomic mass is 10.3. The highest BCUT2D eigenvalue weighted by Gasteiger charge is 2.21. The van der Waals surface area contributed by atoms with E-state index >= 15 is 0 Å². The van der Waals surface area contributed by atoms with Crippen LogP contribution in [0.4, 0.5) is 15.8 Å². The number of halogens is 2. The molecule has 0 fully saturated rings. The Kier molecular flexibility index (Phi) is 6.73. The minimum atomic E-state index is -3.82. The van der Waals surface area contributed by atoms with E-state index in [1.807, 2.05) is 0 Å². The molecule has 0 unspecified atom stereocenters. The molecule has 0 aliphatic heterocycles. The molecule has 3 aromatic rings. The normalized spacial score (nSPS) is 11.0. The molecule has 1 amide bonds. The van der Waals surface area contributed by atoms with Gasteiger partial charge in [-0.15, -0.1) is 0 Å². The van der Waals surface area contributed by atoms with Gasteiger partial charge in [0.15, 0.2) is 18.2 Å². The van der Waals surface area contributed by atoms with Crippen molar-refractivity contribution in [1.82, 2.24) is 0 Å². The van der Waals surface area contributed by atoms with Crippen LogP contribution >= 0.6 is 15.9 Å². The maximum absolute atomic E-state index is 13.8. The van der Waals surface area contributed by atoms with Crippen LogP contribution in [0, 0.1) is 5.82 Å². The van der Waals surface area contributed by atoms with Crippen LogP contribution in [0.1, 0.15) is 0 Å². The van der Waals surface area contributed by atoms with Crippen LogP contribution in [-0.2, 0) is 14.8 Å². The fourth-order valence-corrected chi connectivity index (χ4v) is 4.18. The van der Waals surface area contributed by atoms with Gasteiger partial charge in [0.25, 0.3) is 15.9 Å². The lowest BCUT2D eigenvalue weighted by Crippen LogP contribution is -2.26. The van der Waals surface area contributed by atoms with Gasteiger partial charge < -0.3 is 10.1 Å². The van der Waals surface area contributed by atoms with Gasteiger partial charge in [-0.2, -0.15) is 0 Å². The number of carbonyl (C=O) groups excluding carboxylic acids is 1. The number of rotatable bonds is 7. The minimum Gasteiger partial charge on any atom is -0.481 e. The van der Waals surface area contributed by atoms with E-state index in [0.29, 0.717) is 10.2 Å². The summed E-state index contributed by atoms with van der Waals surface area (Å²) in [4.78, 5) is 12.2. The van der Waals surface area contributed by atoms with Crippen molar-refractivity contribution >= 4 is 43.2 Å². The molecule has 9 heteroatoms. The zero-order chi connectivity index (χ0) is 21.7. The highest BCUT2D eigenvalue weighted by atomic mass is 79.9. The Balaban J connectivity index is 1.69. The molecule has 0 atom stereocenters. The number of hydrogen-bond donors (Lipinski definition) is 1. The number of hydrogen-bond acceptors (Lipinski definition) is 4. The number of para-hydroxylation sites is 1. The molecule has 6 nitrogen and oxygen atoms in total. The second-order valence-electron chi connectivity index (χ2n) is 6.25. The third-order valence-electron chi connectivity index (χ3n) is 4.15. The van der Waals surface area contributed by atoms with Crippen molar-refractivity contribution in [2.45, 2.75) is 4.90 Å². The van der Waals surface area contributed by atoms with Crippen LogP contribution < -0.4 is 14.4 Å². The van der Waals surface area contributed by atoms with Crippen molar-refractivity contribution in [2.75, 3.05) is 23.3 Å². The molecule has 0 aliphatic rings. The summed E-state index contributed by atoms with van der Waals surface area (Å²) in [6, 6.07) is 18.7. The lowest BCUT2D eigenvalue weighted by molar-refractivity contribution is -0.118. The summed E-state index contributed by atoms with van der Waals surface area (Å²) in [6.45, 7) is -0.431. The van der Waals surface area contributed by atoms with Crippen molar-refractivity contribution in [3.63, 3.8) is 0 Å². The van der Waals surface area contributed by atoms with Crippen LogP contribution in [-0.4, -0.2) is 28.0 Å². The summed E-state index contributed by atoms with van der Waals surface area (Å²) in [7, 11) is -2.36. The summed E-state index contributed by atoms with van der Waals surface area (Å²) in [6.07, 6.45) is 0. The van der Waals surface area contributed by atoms with Crippen LogP contribution in [0.2, 0.25) is 0 Å². The van der Waals surface area contributed by atoms with Gasteiger partial charge in [-0.1, -0.05) is 40.2 Å². The Bertz CT molecular complexity index is 1160. The number of ether oxygens (including phenoxy) is 1. The molecule has 3 rings (SSSR count). The van der Waals surface area contributed by atoms with Gasteiger partial charge in [-0.05, 0) is 48.5 Å². The molecule has 3 aromatic carbocycles. The third kappa shape index (κ3) is 5.17. The van der Waals surface area contributed by atoms with E-state index in [0.717, 1.165) is 4.31 Å². The fraction of sp³-hybridized carbons (Fsp3) is 0.0952. The number of carbonyl (C=O) groups is 1. The molecule has 0 aliphatic carbocycles. The molecule has 0 bridgehead atoms. The standard InChI is InChI=1S/C21H18BrFN2O4S/c1-25(17-7-3-2-4-8-17)30(27,28)18-9-5-6-16(13-18)24-21(26)14-29-20-11-10-15(22)12-19(20)23/h2-13H,14H2,1H3,(H,24,26). The number of nitrogens with zero attached hydrogens (tertiary/aromatic N) is 1. The van der Waals surface area contributed by atoms with Crippen LogP contribution in [0.15, 0.2) is 82.2 Å². The largest absolute Gasteiger partial charge is 0.481 e. The maximum atomic E-state index is 13.8. The predicted molar refractivity (Wildman–Crippen MR) is 117 cm³/mol. The molecular weight excluding hydrogens is 475 g/mol. The van der Waals surface area contributed by atoms with Gasteiger partial charge in [0.05, 0.1) is 10.6 Å². The second kappa shape index (κ2) is 9.27. The van der Waals surface area contributed by atoms with E-state index in [-0.39, 0.29) is 16.3 Å². The molecule has 0 spiro atoms. The van der Waals surface area contributed by atoms with Crippen molar-refractivity contribution in [3.05, 3.63) is 83.1 Å². The summed E-state index contributed by atoms with van der Waals surface area (Å²) < 4.78 is 46.4. The van der Waals surface area contributed by atoms with Crippen molar-refractivity contribution in [3.8, 4) is 5.75 Å². The zero-order valence-corrected chi connectivity index (χ0v) is 18.3. The smallest absolute Gasteiger partial charge is 0.264 e. The Morgan fingerprint density at radius 2 is 1.80 bits per heavy atom. The van der Waals surface area contributed by atoms with Crippen molar-refractivity contribution in [1.29, 1.82) is 0 Å². The fourth-order valence-electron chi connectivity index (χ4n) is 2.60. The third-order valence-corrected chi connectivity index (χ3v) is 6.42. The number of amides is 1. The number of sulfonamides is 1. The number of anilines is 2. The quantitative estimate of drug-likeness (QED) is 0.529. The van der Waals surface area contributed by atoms with Gasteiger partial charge in [-0.3, -0.25) is 9.10 Å². The molecule has 0 radical (unpaired) electrons. The summed E-state index contributed by atoms with van der Waals surface area (Å²) in [5.74, 6) is -1.22. The Labute approximate surface area is 182 Å². The van der Waals surface area contributed by atoms with Gasteiger partial charge in [0.1, 0.15) is 0 Å². The number of nitrogens with one attached hydrogen (secondary N) is 1. The van der Waals surface area contributed by atoms with E-state index in [9.17, 15) is 17.6 Å². The molecule has 30 heavy (non-hydrogen) atoms. The van der Waals surface area contributed by atoms with Crippen LogP contribution in [0.3, 0.4) is 0 Å². The van der Waals surface area contributed by atoms with E-state index in [2.05, 4.69) is 21.2 Å². The van der Waals surface area contributed by atoms with E-state index < -0.39 is 28.4 Å². The van der Waals surface area contributed by atoms with Crippen molar-refractivity contribution in [2.24, 2.45) is 0 Å². The summed E-state index contributed by atoms with van der Waals surface area (Å²) in [5.41, 5.74) is 0.791. The number of benzene rings is 3. The van der Waals surface area contributed by atoms with Crippen LogP contribution in [0.25, 0.3) is 0 Å². The van der Waals surface area contributed by atoms with E-state index in [1.165, 1.54) is 37.4 Å². The first-order valence-electron chi connectivity index (χ1n) is 8.79. The average Bonchev–Trinajstić information content (AvgIpc) is 2.73. The van der Waals surface area contributed by atoms with Gasteiger partial charge in [-0.25, -0.2) is 12.8 Å². The molecule has 1 N–H and O–H groups in total.